The van der Waals surface area contributed by atoms with Gasteiger partial charge in [0.05, 0.1) is 0 Å². The molecule has 0 unspecified atom stereocenters. The molecular weight excluding hydrogens is 252 g/mol. The van der Waals surface area contributed by atoms with E-state index >= 15 is 0 Å². The Bertz CT molecular complexity index is 246. The van der Waals surface area contributed by atoms with E-state index < -0.39 is 18.0 Å². The van der Waals surface area contributed by atoms with Gasteiger partial charge in [0, 0.05) is 13.5 Å². The number of carboxylic acid groups (broad SMARTS) is 2. The summed E-state index contributed by atoms with van der Waals surface area (Å²) in [5, 5.41) is 25.1. The number of nitrogens with two attached hydrogens (primary N) is 2. The molecule has 0 saturated heterocycles. The number of aliphatic carboxylic acids is 2. The minimum Gasteiger partial charge on any atom is -0.481 e. The molecule has 8 nitrogen and oxygen atoms in total. The molecule has 0 aromatic carbocycles. The van der Waals surface area contributed by atoms with E-state index in [2.05, 4.69) is 5.32 Å². The third kappa shape index (κ3) is 25.1. The Morgan fingerprint density at radius 2 is 1.82 bits per heavy atom. The van der Waals surface area contributed by atoms with Crippen LogP contribution in [0, 0.1) is 5.41 Å². The van der Waals surface area contributed by atoms with Crippen molar-refractivity contribution in [1.82, 2.24) is 5.32 Å². The second kappa shape index (κ2) is 12.5. The standard InChI is InChI=1S/C6H14N4O2.C2H4O2.ClH/c7-4(5(11)12)2-1-3-10-6(8)9;1-2(3)4;/h4H,1-3,7H2,(H,11,12)(H4,8,9,10);1H3,(H,3,4);1H/t4-;;/m0../s1. The SMILES string of the molecule is CC(=O)O.Cl.N=C(N)NCCC[C@H](N)C(=O)O. The Morgan fingerprint density at radius 1 is 1.41 bits per heavy atom. The second-order valence-corrected chi connectivity index (χ2v) is 2.95. The van der Waals surface area contributed by atoms with E-state index in [9.17, 15) is 4.79 Å². The van der Waals surface area contributed by atoms with Crippen molar-refractivity contribution in [2.45, 2.75) is 25.8 Å². The topological polar surface area (TPSA) is 163 Å². The van der Waals surface area contributed by atoms with Crippen LogP contribution in [0.2, 0.25) is 0 Å². The molecule has 0 saturated carbocycles. The molecule has 0 aliphatic rings. The number of carbonyl (C=O) groups is 2. The first-order valence-electron chi connectivity index (χ1n) is 4.53. The Balaban J connectivity index is -0.000000340. The summed E-state index contributed by atoms with van der Waals surface area (Å²) in [5.74, 6) is -1.95. The fourth-order valence-electron chi connectivity index (χ4n) is 0.669. The van der Waals surface area contributed by atoms with Gasteiger partial charge in [0.25, 0.3) is 5.97 Å². The van der Waals surface area contributed by atoms with Gasteiger partial charge < -0.3 is 27.0 Å². The van der Waals surface area contributed by atoms with Crippen molar-refractivity contribution in [1.29, 1.82) is 5.41 Å². The van der Waals surface area contributed by atoms with E-state index in [1.54, 1.807) is 0 Å². The average molecular weight is 271 g/mol. The van der Waals surface area contributed by atoms with Crippen molar-refractivity contribution in [3.05, 3.63) is 0 Å². The third-order valence-electron chi connectivity index (χ3n) is 1.32. The Kier molecular flexibility index (Phi) is 15.3. The Morgan fingerprint density at radius 3 is 2.12 bits per heavy atom. The molecule has 17 heavy (non-hydrogen) atoms. The van der Waals surface area contributed by atoms with Crippen molar-refractivity contribution in [2.24, 2.45) is 11.5 Å². The number of halogens is 1. The van der Waals surface area contributed by atoms with Crippen LogP contribution in [0.1, 0.15) is 19.8 Å². The molecular formula is C8H19ClN4O4. The van der Waals surface area contributed by atoms with Crippen molar-refractivity contribution in [3.63, 3.8) is 0 Å². The molecule has 0 heterocycles. The van der Waals surface area contributed by atoms with E-state index in [1.165, 1.54) is 0 Å². The normalized spacial score (nSPS) is 10.0. The minimum absolute atomic E-state index is 0. The molecule has 0 radical (unpaired) electrons. The number of rotatable bonds is 5. The molecule has 0 aliphatic carbocycles. The van der Waals surface area contributed by atoms with Crippen LogP contribution in [-0.4, -0.2) is 40.7 Å². The van der Waals surface area contributed by atoms with Gasteiger partial charge in [-0.25, -0.2) is 0 Å². The maximum absolute atomic E-state index is 10.2. The summed E-state index contributed by atoms with van der Waals surface area (Å²) in [6, 6.07) is -0.821. The first-order valence-corrected chi connectivity index (χ1v) is 4.53. The number of carboxylic acids is 2. The third-order valence-corrected chi connectivity index (χ3v) is 1.32. The second-order valence-electron chi connectivity index (χ2n) is 2.95. The van der Waals surface area contributed by atoms with Crippen LogP contribution in [0.15, 0.2) is 0 Å². The van der Waals surface area contributed by atoms with Crippen molar-refractivity contribution in [3.8, 4) is 0 Å². The van der Waals surface area contributed by atoms with E-state index in [0.29, 0.717) is 19.4 Å². The van der Waals surface area contributed by atoms with Crippen LogP contribution < -0.4 is 16.8 Å². The molecule has 0 aliphatic heterocycles. The van der Waals surface area contributed by atoms with Gasteiger partial charge in [-0.2, -0.15) is 0 Å². The predicted octanol–water partition coefficient (Wildman–Crippen LogP) is -0.826. The van der Waals surface area contributed by atoms with Crippen LogP contribution in [0.3, 0.4) is 0 Å². The molecule has 1 atom stereocenters. The predicted molar refractivity (Wildman–Crippen MR) is 65.3 cm³/mol. The summed E-state index contributed by atoms with van der Waals surface area (Å²) in [6.45, 7) is 1.57. The average Bonchev–Trinajstić information content (AvgIpc) is 2.10. The molecule has 0 bridgehead atoms. The van der Waals surface area contributed by atoms with Gasteiger partial charge >= 0.3 is 5.97 Å². The van der Waals surface area contributed by atoms with Crippen molar-refractivity contribution in [2.75, 3.05) is 6.54 Å². The van der Waals surface area contributed by atoms with Crippen LogP contribution in [0.25, 0.3) is 0 Å². The highest BCUT2D eigenvalue weighted by molar-refractivity contribution is 5.85. The summed E-state index contributed by atoms with van der Waals surface area (Å²) < 4.78 is 0. The molecule has 0 amide bonds. The number of hydrogen-bond donors (Lipinski definition) is 6. The zero-order valence-corrected chi connectivity index (χ0v) is 10.3. The smallest absolute Gasteiger partial charge is 0.320 e. The van der Waals surface area contributed by atoms with E-state index in [4.69, 9.17) is 31.9 Å². The molecule has 8 N–H and O–H groups in total. The van der Waals surface area contributed by atoms with Gasteiger partial charge in [0.1, 0.15) is 6.04 Å². The Labute approximate surface area is 105 Å². The Hall–Kier alpha value is -1.54. The van der Waals surface area contributed by atoms with E-state index in [1.807, 2.05) is 0 Å². The molecule has 0 fully saturated rings. The highest BCUT2D eigenvalue weighted by Gasteiger charge is 2.09. The van der Waals surface area contributed by atoms with Crippen LogP contribution >= 0.6 is 12.4 Å². The zero-order chi connectivity index (χ0) is 13.1. The molecule has 9 heteroatoms. The first-order chi connectivity index (χ1) is 7.27. The lowest BCUT2D eigenvalue weighted by Gasteiger charge is -2.06. The summed E-state index contributed by atoms with van der Waals surface area (Å²) in [7, 11) is 0. The summed E-state index contributed by atoms with van der Waals surface area (Å²) in [5.41, 5.74) is 10.2. The lowest BCUT2D eigenvalue weighted by molar-refractivity contribution is -0.138. The van der Waals surface area contributed by atoms with Crippen LogP contribution in [0.5, 0.6) is 0 Å². The summed E-state index contributed by atoms with van der Waals surface area (Å²) >= 11 is 0. The van der Waals surface area contributed by atoms with Crippen molar-refractivity contribution >= 4 is 30.3 Å². The highest BCUT2D eigenvalue weighted by Crippen LogP contribution is 1.92. The van der Waals surface area contributed by atoms with Crippen molar-refractivity contribution < 1.29 is 19.8 Å². The lowest BCUT2D eigenvalue weighted by atomic mass is 10.2. The molecule has 102 valence electrons. The first kappa shape index (κ1) is 20.8. The number of guanidine groups is 1. The number of nitrogens with one attached hydrogen (secondary N) is 2. The minimum atomic E-state index is -1.00. The van der Waals surface area contributed by atoms with E-state index in [-0.39, 0.29) is 18.4 Å². The maximum atomic E-state index is 10.2. The monoisotopic (exact) mass is 270 g/mol. The van der Waals surface area contributed by atoms with Gasteiger partial charge in [-0.1, -0.05) is 0 Å². The molecule has 0 aromatic heterocycles. The van der Waals surface area contributed by atoms with Gasteiger partial charge in [0.15, 0.2) is 5.96 Å². The van der Waals surface area contributed by atoms with Gasteiger partial charge in [-0.05, 0) is 12.8 Å². The zero-order valence-electron chi connectivity index (χ0n) is 9.47. The van der Waals surface area contributed by atoms with Gasteiger partial charge in [-0.15, -0.1) is 12.4 Å². The molecule has 0 aromatic rings. The summed E-state index contributed by atoms with van der Waals surface area (Å²) in [4.78, 5) is 19.2. The number of hydrogen-bond acceptors (Lipinski definition) is 4. The lowest BCUT2D eigenvalue weighted by Crippen LogP contribution is -2.34. The fourth-order valence-corrected chi connectivity index (χ4v) is 0.669. The fraction of sp³-hybridized carbons (Fsp3) is 0.625. The largest absolute Gasteiger partial charge is 0.481 e. The van der Waals surface area contributed by atoms with E-state index in [0.717, 1.165) is 6.92 Å². The van der Waals surface area contributed by atoms with Gasteiger partial charge in [0.2, 0.25) is 0 Å². The maximum Gasteiger partial charge on any atom is 0.320 e. The molecule has 0 spiro atoms. The highest BCUT2D eigenvalue weighted by atomic mass is 35.5. The van der Waals surface area contributed by atoms with Crippen LogP contribution in [-0.2, 0) is 9.59 Å². The quantitative estimate of drug-likeness (QED) is 0.216. The van der Waals surface area contributed by atoms with Crippen LogP contribution in [0.4, 0.5) is 0 Å². The molecule has 0 rings (SSSR count). The summed E-state index contributed by atoms with van der Waals surface area (Å²) in [6.07, 6.45) is 0.975. The van der Waals surface area contributed by atoms with Gasteiger partial charge in [-0.3, -0.25) is 15.0 Å².